The summed E-state index contributed by atoms with van der Waals surface area (Å²) in [6.45, 7) is 1.97. The van der Waals surface area contributed by atoms with Crippen molar-refractivity contribution < 1.29 is 0 Å². The Morgan fingerprint density at radius 3 is 2.53 bits per heavy atom. The Labute approximate surface area is 130 Å². The van der Waals surface area contributed by atoms with Gasteiger partial charge in [0.2, 0.25) is 0 Å². The summed E-state index contributed by atoms with van der Waals surface area (Å²) in [6, 6.07) is 4.88. The maximum absolute atomic E-state index is 12.3. The van der Waals surface area contributed by atoms with E-state index < -0.39 is 0 Å². The van der Waals surface area contributed by atoms with Gasteiger partial charge in [-0.3, -0.25) is 4.79 Å². The monoisotopic (exact) mass is 332 g/mol. The van der Waals surface area contributed by atoms with Crippen LogP contribution in [0.1, 0.15) is 6.92 Å². The number of hydrogen-bond donors (Lipinski definition) is 1. The molecule has 2 aromatic rings. The van der Waals surface area contributed by atoms with Crippen molar-refractivity contribution in [2.24, 2.45) is 0 Å². The molecule has 0 aliphatic heterocycles. The highest BCUT2D eigenvalue weighted by molar-refractivity contribution is 7.99. The van der Waals surface area contributed by atoms with Crippen LogP contribution in [0.25, 0.3) is 5.69 Å². The average molecular weight is 333 g/mol. The zero-order chi connectivity index (χ0) is 14.0. The molecule has 0 aliphatic carbocycles. The molecular weight excluding hydrogens is 323 g/mol. The molecule has 1 aromatic heterocycles. The van der Waals surface area contributed by atoms with E-state index in [2.05, 4.69) is 17.7 Å². The van der Waals surface area contributed by atoms with Crippen LogP contribution in [0, 0.1) is 0 Å². The average Bonchev–Trinajstić information content (AvgIpc) is 2.33. The van der Waals surface area contributed by atoms with Crippen LogP contribution in [0.5, 0.6) is 0 Å². The van der Waals surface area contributed by atoms with Crippen molar-refractivity contribution in [3.05, 3.63) is 44.8 Å². The van der Waals surface area contributed by atoms with Crippen molar-refractivity contribution in [3.63, 3.8) is 0 Å². The zero-order valence-corrected chi connectivity index (χ0v) is 13.2. The molecule has 0 amide bonds. The predicted octanol–water partition coefficient (Wildman–Crippen LogP) is 3.94. The summed E-state index contributed by atoms with van der Waals surface area (Å²) >= 11 is 17.6. The lowest BCUT2D eigenvalue weighted by atomic mass is 10.3. The van der Waals surface area contributed by atoms with Crippen molar-refractivity contribution in [2.75, 3.05) is 5.75 Å². The van der Waals surface area contributed by atoms with Crippen LogP contribution in [-0.2, 0) is 0 Å². The number of aromatic nitrogens is 2. The first-order chi connectivity index (χ1) is 9.02. The van der Waals surface area contributed by atoms with Crippen LogP contribution in [0.4, 0.5) is 0 Å². The Kier molecular flexibility index (Phi) is 4.84. The second-order valence-electron chi connectivity index (χ2n) is 3.64. The van der Waals surface area contributed by atoms with Gasteiger partial charge in [0.25, 0.3) is 5.56 Å². The number of rotatable bonds is 3. The number of halogens is 2. The van der Waals surface area contributed by atoms with E-state index in [9.17, 15) is 4.79 Å². The lowest BCUT2D eigenvalue weighted by Crippen LogP contribution is -2.23. The molecule has 1 heterocycles. The first-order valence-electron chi connectivity index (χ1n) is 5.43. The van der Waals surface area contributed by atoms with Gasteiger partial charge in [0.15, 0.2) is 0 Å². The van der Waals surface area contributed by atoms with Crippen LogP contribution in [0.3, 0.4) is 0 Å². The summed E-state index contributed by atoms with van der Waals surface area (Å²) in [5.74, 6) is 0.781. The smallest absolute Gasteiger partial charge is 0.266 e. The minimum atomic E-state index is -0.224. The van der Waals surface area contributed by atoms with E-state index in [0.29, 0.717) is 25.5 Å². The Balaban J connectivity index is 2.63. The molecule has 3 nitrogen and oxygen atoms in total. The molecule has 0 saturated carbocycles. The van der Waals surface area contributed by atoms with E-state index in [1.807, 2.05) is 6.92 Å². The van der Waals surface area contributed by atoms with E-state index in [4.69, 9.17) is 23.2 Å². The number of nitrogens with zero attached hydrogens (tertiary/aromatic N) is 2. The molecule has 0 N–H and O–H groups in total. The molecule has 0 fully saturated rings. The van der Waals surface area contributed by atoms with E-state index in [1.165, 1.54) is 22.6 Å². The summed E-state index contributed by atoms with van der Waals surface area (Å²) in [5.41, 5.74) is 0.312. The Bertz CT molecular complexity index is 653. The van der Waals surface area contributed by atoms with Crippen LogP contribution in [-0.4, -0.2) is 15.5 Å². The van der Waals surface area contributed by atoms with Crippen LogP contribution in [0.15, 0.2) is 39.0 Å². The molecule has 100 valence electrons. The Hall–Kier alpha value is -0.620. The van der Waals surface area contributed by atoms with Gasteiger partial charge in [-0.15, -0.1) is 24.4 Å². The van der Waals surface area contributed by atoms with E-state index >= 15 is 0 Å². The maximum atomic E-state index is 12.3. The molecular formula is C12H10Cl2N2OS2. The van der Waals surface area contributed by atoms with Gasteiger partial charge in [-0.1, -0.05) is 30.1 Å². The maximum Gasteiger partial charge on any atom is 0.286 e. The lowest BCUT2D eigenvalue weighted by molar-refractivity contribution is 0.757. The largest absolute Gasteiger partial charge is 0.286 e. The molecule has 7 heteroatoms. The number of benzene rings is 1. The van der Waals surface area contributed by atoms with Crippen molar-refractivity contribution in [2.45, 2.75) is 16.7 Å². The van der Waals surface area contributed by atoms with Gasteiger partial charge in [-0.2, -0.15) is 9.78 Å². The first-order valence-corrected chi connectivity index (χ1v) is 7.62. The molecule has 0 bridgehead atoms. The molecule has 19 heavy (non-hydrogen) atoms. The van der Waals surface area contributed by atoms with Gasteiger partial charge in [0.05, 0.1) is 16.8 Å². The lowest BCUT2D eigenvalue weighted by Gasteiger charge is -2.09. The molecule has 0 saturated heterocycles. The molecule has 0 aliphatic rings. The van der Waals surface area contributed by atoms with Gasteiger partial charge >= 0.3 is 0 Å². The quantitative estimate of drug-likeness (QED) is 0.682. The minimum Gasteiger partial charge on any atom is -0.266 e. The summed E-state index contributed by atoms with van der Waals surface area (Å²) in [6.07, 6.45) is 1.54. The zero-order valence-electron chi connectivity index (χ0n) is 9.93. The third kappa shape index (κ3) is 3.28. The summed E-state index contributed by atoms with van der Waals surface area (Å²) in [7, 11) is 0. The van der Waals surface area contributed by atoms with Crippen molar-refractivity contribution >= 4 is 47.6 Å². The van der Waals surface area contributed by atoms with Crippen LogP contribution >= 0.6 is 47.6 Å². The minimum absolute atomic E-state index is 0.224. The Morgan fingerprint density at radius 2 is 1.95 bits per heavy atom. The fraction of sp³-hybridized carbons (Fsp3) is 0.167. The molecule has 1 aromatic carbocycles. The van der Waals surface area contributed by atoms with E-state index in [-0.39, 0.29) is 5.56 Å². The first kappa shape index (κ1) is 14.8. The molecule has 0 atom stereocenters. The summed E-state index contributed by atoms with van der Waals surface area (Å²) in [5, 5.41) is 4.98. The van der Waals surface area contributed by atoms with Gasteiger partial charge in [0, 0.05) is 14.9 Å². The topological polar surface area (TPSA) is 34.9 Å². The van der Waals surface area contributed by atoms with E-state index in [0.717, 1.165) is 5.75 Å². The molecule has 0 radical (unpaired) electrons. The SMILES string of the molecule is CCSc1c(S)cnn(-c2cc(Cl)cc(Cl)c2)c1=O. The third-order valence-corrected chi connectivity index (χ3v) is 4.19. The molecule has 2 rings (SSSR count). The second-order valence-corrected chi connectivity index (χ2v) is 6.27. The van der Waals surface area contributed by atoms with Crippen molar-refractivity contribution in [1.29, 1.82) is 0 Å². The Morgan fingerprint density at radius 1 is 1.32 bits per heavy atom. The fourth-order valence-corrected chi connectivity index (χ4v) is 3.11. The number of thioether (sulfide) groups is 1. The molecule has 0 unspecified atom stereocenters. The van der Waals surface area contributed by atoms with Crippen LogP contribution < -0.4 is 5.56 Å². The van der Waals surface area contributed by atoms with E-state index in [1.54, 1.807) is 18.2 Å². The normalized spacial score (nSPS) is 10.7. The van der Waals surface area contributed by atoms with Crippen LogP contribution in [0.2, 0.25) is 10.0 Å². The highest BCUT2D eigenvalue weighted by atomic mass is 35.5. The third-order valence-electron chi connectivity index (χ3n) is 2.30. The molecule has 0 spiro atoms. The van der Waals surface area contributed by atoms with Crippen molar-refractivity contribution in [3.8, 4) is 5.69 Å². The fourth-order valence-electron chi connectivity index (χ4n) is 1.55. The second kappa shape index (κ2) is 6.22. The number of hydrogen-bond acceptors (Lipinski definition) is 4. The predicted molar refractivity (Wildman–Crippen MR) is 83.5 cm³/mol. The highest BCUT2D eigenvalue weighted by Gasteiger charge is 2.11. The van der Waals surface area contributed by atoms with Crippen molar-refractivity contribution in [1.82, 2.24) is 9.78 Å². The number of thiol groups is 1. The summed E-state index contributed by atoms with van der Waals surface area (Å²) in [4.78, 5) is 13.5. The highest BCUT2D eigenvalue weighted by Crippen LogP contribution is 2.23. The van der Waals surface area contributed by atoms with Gasteiger partial charge in [-0.25, -0.2) is 0 Å². The van der Waals surface area contributed by atoms with Gasteiger partial charge in [0.1, 0.15) is 0 Å². The van der Waals surface area contributed by atoms with Gasteiger partial charge < -0.3 is 0 Å². The standard InChI is InChI=1S/C12H10Cl2N2OS2/c1-2-19-11-10(18)6-15-16(12(11)17)9-4-7(13)3-8(14)5-9/h3-6,18H,2H2,1H3. The summed E-state index contributed by atoms with van der Waals surface area (Å²) < 4.78 is 1.27. The van der Waals surface area contributed by atoms with Gasteiger partial charge in [-0.05, 0) is 24.0 Å².